The number of carbonyl (C=O) groups is 2. The van der Waals surface area contributed by atoms with Gasteiger partial charge in [-0.2, -0.15) is 0 Å². The molecule has 3 N–H and O–H groups in total. The Kier molecular flexibility index (Phi) is 5.94. The molecule has 0 unspecified atom stereocenters. The van der Waals surface area contributed by atoms with Gasteiger partial charge >= 0.3 is 5.97 Å². The van der Waals surface area contributed by atoms with E-state index in [1.807, 2.05) is 0 Å². The van der Waals surface area contributed by atoms with Crippen molar-refractivity contribution >= 4 is 40.1 Å². The quantitative estimate of drug-likeness (QED) is 0.628. The van der Waals surface area contributed by atoms with E-state index in [0.717, 1.165) is 11.8 Å². The molecule has 0 aromatic heterocycles. The predicted molar refractivity (Wildman–Crippen MR) is 76.2 cm³/mol. The van der Waals surface area contributed by atoms with Crippen LogP contribution in [0.2, 0.25) is 0 Å². The second-order valence-electron chi connectivity index (χ2n) is 3.63. The van der Waals surface area contributed by atoms with Crippen LogP contribution in [0.1, 0.15) is 12.5 Å². The van der Waals surface area contributed by atoms with Crippen LogP contribution in [0.15, 0.2) is 29.2 Å². The van der Waals surface area contributed by atoms with Crippen molar-refractivity contribution in [2.75, 3.05) is 6.61 Å². The van der Waals surface area contributed by atoms with E-state index in [1.54, 1.807) is 24.3 Å². The average molecular weight is 299 g/mol. The maximum Gasteiger partial charge on any atom is 0.324 e. The van der Waals surface area contributed by atoms with Gasteiger partial charge in [0.05, 0.1) is 0 Å². The molecule has 0 aliphatic heterocycles. The molecule has 1 rings (SSSR count). The number of benzene rings is 1. The summed E-state index contributed by atoms with van der Waals surface area (Å²) in [6, 6.07) is 5.85. The van der Waals surface area contributed by atoms with E-state index < -0.39 is 12.0 Å². The van der Waals surface area contributed by atoms with Gasteiger partial charge in [-0.3, -0.25) is 9.59 Å². The Balaban J connectivity index is 2.76. The minimum Gasteiger partial charge on any atom is -0.481 e. The first-order valence-electron chi connectivity index (χ1n) is 5.34. The van der Waals surface area contributed by atoms with Crippen LogP contribution in [0.5, 0.6) is 0 Å². The third kappa shape index (κ3) is 4.98. The number of thioether (sulfide) groups is 1. The summed E-state index contributed by atoms with van der Waals surface area (Å²) >= 11 is 6.11. The molecule has 0 spiro atoms. The number of ether oxygens (including phenoxy) is 1. The van der Waals surface area contributed by atoms with Crippen molar-refractivity contribution in [2.45, 2.75) is 17.9 Å². The van der Waals surface area contributed by atoms with E-state index in [9.17, 15) is 9.59 Å². The molecule has 0 aliphatic carbocycles. The fourth-order valence-corrected chi connectivity index (χ4v) is 2.23. The highest BCUT2D eigenvalue weighted by molar-refractivity contribution is 8.13. The van der Waals surface area contributed by atoms with Crippen LogP contribution in [-0.4, -0.2) is 33.9 Å². The normalized spacial score (nSPS) is 11.7. The Hall–Kier alpha value is -1.44. The Morgan fingerprint density at radius 1 is 1.47 bits per heavy atom. The lowest BCUT2D eigenvalue weighted by atomic mass is 10.2. The smallest absolute Gasteiger partial charge is 0.324 e. The molecule has 1 aromatic rings. The van der Waals surface area contributed by atoms with E-state index in [2.05, 4.69) is 0 Å². The van der Waals surface area contributed by atoms with E-state index >= 15 is 0 Å². The fraction of sp³-hybridized carbons (Fsp3) is 0.250. The standard InChI is InChI=1S/C12H13NO4S2/c1-7(14)19-10-5-3-2-4-8(10)12(18)17-6-9(13)11(15)16/h2-5,9H,6,13H2,1H3,(H,15,16)/t9-/m0/s1. The van der Waals surface area contributed by atoms with E-state index in [1.165, 1.54) is 6.92 Å². The van der Waals surface area contributed by atoms with E-state index in [4.69, 9.17) is 27.8 Å². The third-order valence-electron chi connectivity index (χ3n) is 2.07. The summed E-state index contributed by atoms with van der Waals surface area (Å²) in [5.74, 6) is -1.16. The molecule has 0 bridgehead atoms. The summed E-state index contributed by atoms with van der Waals surface area (Å²) in [5.41, 5.74) is 5.90. The maximum absolute atomic E-state index is 11.1. The molecule has 1 aromatic carbocycles. The highest BCUT2D eigenvalue weighted by Crippen LogP contribution is 2.24. The number of hydrogen-bond acceptors (Lipinski definition) is 6. The molecule has 0 heterocycles. The Bertz CT molecular complexity index is 504. The molecule has 0 aliphatic rings. The van der Waals surface area contributed by atoms with Gasteiger partial charge in [0.2, 0.25) is 0 Å². The van der Waals surface area contributed by atoms with Gasteiger partial charge in [0, 0.05) is 17.4 Å². The van der Waals surface area contributed by atoms with Crippen molar-refractivity contribution in [3.8, 4) is 0 Å². The second-order valence-corrected chi connectivity index (χ2v) is 5.22. The molecular weight excluding hydrogens is 286 g/mol. The number of aliphatic carboxylic acids is 1. The minimum absolute atomic E-state index is 0.0718. The Labute approximate surface area is 120 Å². The molecular formula is C12H13NO4S2. The molecule has 0 fully saturated rings. The van der Waals surface area contributed by atoms with Gasteiger partial charge in [-0.15, -0.1) is 0 Å². The van der Waals surface area contributed by atoms with Gasteiger partial charge in [0.15, 0.2) is 10.2 Å². The van der Waals surface area contributed by atoms with Crippen molar-refractivity contribution in [3.05, 3.63) is 29.8 Å². The third-order valence-corrected chi connectivity index (χ3v) is 3.27. The van der Waals surface area contributed by atoms with Crippen LogP contribution in [0.3, 0.4) is 0 Å². The first-order chi connectivity index (χ1) is 8.91. The summed E-state index contributed by atoms with van der Waals surface area (Å²) in [4.78, 5) is 22.4. The Morgan fingerprint density at radius 2 is 2.11 bits per heavy atom. The van der Waals surface area contributed by atoms with Crippen molar-refractivity contribution in [1.29, 1.82) is 0 Å². The first kappa shape index (κ1) is 15.6. The largest absolute Gasteiger partial charge is 0.481 e. The van der Waals surface area contributed by atoms with E-state index in [0.29, 0.717) is 10.5 Å². The van der Waals surface area contributed by atoms with Gasteiger partial charge in [-0.05, 0) is 24.4 Å². The number of nitrogens with two attached hydrogens (primary N) is 1. The van der Waals surface area contributed by atoms with Crippen molar-refractivity contribution in [1.82, 2.24) is 0 Å². The van der Waals surface area contributed by atoms with Crippen LogP contribution < -0.4 is 5.73 Å². The van der Waals surface area contributed by atoms with Gasteiger partial charge in [-0.25, -0.2) is 0 Å². The number of carbonyl (C=O) groups excluding carboxylic acids is 1. The lowest BCUT2D eigenvalue weighted by Crippen LogP contribution is -2.35. The van der Waals surface area contributed by atoms with Crippen molar-refractivity contribution in [3.63, 3.8) is 0 Å². The summed E-state index contributed by atoms with van der Waals surface area (Å²) in [6.07, 6.45) is 0. The summed E-state index contributed by atoms with van der Waals surface area (Å²) in [5, 5.41) is 8.70. The van der Waals surface area contributed by atoms with Gasteiger partial charge in [0.1, 0.15) is 12.6 Å². The van der Waals surface area contributed by atoms with Gasteiger partial charge in [0.25, 0.3) is 0 Å². The van der Waals surface area contributed by atoms with Gasteiger partial charge in [-0.1, -0.05) is 23.9 Å². The molecule has 0 saturated heterocycles. The van der Waals surface area contributed by atoms with E-state index in [-0.39, 0.29) is 16.8 Å². The maximum atomic E-state index is 11.1. The zero-order valence-electron chi connectivity index (χ0n) is 10.2. The van der Waals surface area contributed by atoms with Crippen LogP contribution in [0.25, 0.3) is 0 Å². The van der Waals surface area contributed by atoms with Crippen LogP contribution in [0.4, 0.5) is 0 Å². The number of thiocarbonyl (C=S) groups is 1. The highest BCUT2D eigenvalue weighted by Gasteiger charge is 2.15. The summed E-state index contributed by atoms with van der Waals surface area (Å²) in [7, 11) is 0. The SMILES string of the molecule is CC(=O)Sc1ccccc1C(=S)OC[C@H](N)C(=O)O. The zero-order chi connectivity index (χ0) is 14.4. The topological polar surface area (TPSA) is 89.6 Å². The Morgan fingerprint density at radius 3 is 2.68 bits per heavy atom. The number of carboxylic acid groups (broad SMARTS) is 1. The van der Waals surface area contributed by atoms with Crippen LogP contribution in [0, 0.1) is 0 Å². The molecule has 1 atom stereocenters. The van der Waals surface area contributed by atoms with Crippen molar-refractivity contribution in [2.24, 2.45) is 5.73 Å². The number of rotatable bonds is 5. The molecule has 0 amide bonds. The zero-order valence-corrected chi connectivity index (χ0v) is 11.8. The molecule has 0 radical (unpaired) electrons. The summed E-state index contributed by atoms with van der Waals surface area (Å²) < 4.78 is 5.17. The molecule has 5 nitrogen and oxygen atoms in total. The lowest BCUT2D eigenvalue weighted by Gasteiger charge is -2.12. The predicted octanol–water partition coefficient (Wildman–Crippen LogP) is 1.43. The summed E-state index contributed by atoms with van der Waals surface area (Å²) in [6.45, 7) is 1.24. The lowest BCUT2D eigenvalue weighted by molar-refractivity contribution is -0.139. The fourth-order valence-electron chi connectivity index (χ4n) is 1.19. The first-order valence-corrected chi connectivity index (χ1v) is 6.57. The van der Waals surface area contributed by atoms with Crippen molar-refractivity contribution < 1.29 is 19.4 Å². The molecule has 102 valence electrons. The monoisotopic (exact) mass is 299 g/mol. The molecule has 0 saturated carbocycles. The average Bonchev–Trinajstić information content (AvgIpc) is 2.35. The molecule has 7 heteroatoms. The minimum atomic E-state index is -1.16. The van der Waals surface area contributed by atoms with Crippen LogP contribution in [-0.2, 0) is 14.3 Å². The second kappa shape index (κ2) is 7.22. The van der Waals surface area contributed by atoms with Gasteiger partial charge < -0.3 is 15.6 Å². The highest BCUT2D eigenvalue weighted by atomic mass is 32.2. The molecule has 19 heavy (non-hydrogen) atoms. The number of hydrogen-bond donors (Lipinski definition) is 2. The number of carboxylic acids is 1. The van der Waals surface area contributed by atoms with Crippen LogP contribution >= 0.6 is 24.0 Å².